The number of hydrogen-bond donors (Lipinski definition) is 1. The minimum Gasteiger partial charge on any atom is -0.315 e. The van der Waals surface area contributed by atoms with Gasteiger partial charge in [-0.15, -0.1) is 0 Å². The minimum absolute atomic E-state index is 0.123. The summed E-state index contributed by atoms with van der Waals surface area (Å²) in [5.74, 6) is 0.576. The zero-order chi connectivity index (χ0) is 14.6. The van der Waals surface area contributed by atoms with E-state index in [1.54, 1.807) is 15.7 Å². The molecule has 0 aromatic carbocycles. The van der Waals surface area contributed by atoms with Gasteiger partial charge in [-0.3, -0.25) is 0 Å². The third kappa shape index (κ3) is 3.72. The van der Waals surface area contributed by atoms with Crippen LogP contribution in [0.2, 0.25) is 0 Å². The molecule has 2 fully saturated rings. The van der Waals surface area contributed by atoms with Crippen molar-refractivity contribution in [1.82, 2.24) is 13.9 Å². The number of likely N-dealkylation sites (N-methyl/N-ethyl adjacent to an activating group) is 1. The van der Waals surface area contributed by atoms with Gasteiger partial charge in [0.2, 0.25) is 0 Å². The van der Waals surface area contributed by atoms with Gasteiger partial charge < -0.3 is 5.32 Å². The predicted octanol–water partition coefficient (Wildman–Crippen LogP) is 1.43. The maximum atomic E-state index is 12.8. The van der Waals surface area contributed by atoms with Crippen LogP contribution in [-0.2, 0) is 10.2 Å². The second kappa shape index (κ2) is 7.20. The standard InChI is InChI=1S/C14H29N3O2S/c1-3-15-11-14-9-4-5-10-17(14)20(18,19)16(2)12-13-7-6-8-13/h13-15H,3-12H2,1-2H3. The van der Waals surface area contributed by atoms with Crippen LogP contribution < -0.4 is 5.32 Å². The summed E-state index contributed by atoms with van der Waals surface area (Å²) in [6.07, 6.45) is 6.71. The normalized spacial score (nSPS) is 25.9. The molecule has 1 unspecified atom stereocenters. The smallest absolute Gasteiger partial charge is 0.282 e. The van der Waals surface area contributed by atoms with Gasteiger partial charge >= 0.3 is 0 Å². The van der Waals surface area contributed by atoms with Gasteiger partial charge in [-0.05, 0) is 38.1 Å². The molecule has 20 heavy (non-hydrogen) atoms. The van der Waals surface area contributed by atoms with E-state index in [0.29, 0.717) is 19.0 Å². The summed E-state index contributed by atoms with van der Waals surface area (Å²) < 4.78 is 28.8. The van der Waals surface area contributed by atoms with Crippen molar-refractivity contribution >= 4 is 10.2 Å². The second-order valence-corrected chi connectivity index (χ2v) is 8.14. The van der Waals surface area contributed by atoms with Crippen molar-refractivity contribution < 1.29 is 8.42 Å². The summed E-state index contributed by atoms with van der Waals surface area (Å²) in [6.45, 7) is 5.08. The fourth-order valence-electron chi connectivity index (χ4n) is 3.10. The van der Waals surface area contributed by atoms with Gasteiger partial charge in [-0.2, -0.15) is 17.0 Å². The number of hydrogen-bond acceptors (Lipinski definition) is 3. The minimum atomic E-state index is -3.29. The molecule has 1 aliphatic carbocycles. The van der Waals surface area contributed by atoms with Gasteiger partial charge in [0.15, 0.2) is 0 Å². The van der Waals surface area contributed by atoms with E-state index in [0.717, 1.165) is 32.4 Å². The lowest BCUT2D eigenvalue weighted by molar-refractivity contribution is 0.213. The topological polar surface area (TPSA) is 52.7 Å². The van der Waals surface area contributed by atoms with E-state index in [1.807, 2.05) is 0 Å². The van der Waals surface area contributed by atoms with Gasteiger partial charge in [0.05, 0.1) is 0 Å². The van der Waals surface area contributed by atoms with Gasteiger partial charge in [-0.25, -0.2) is 0 Å². The first kappa shape index (κ1) is 16.2. The predicted molar refractivity (Wildman–Crippen MR) is 81.8 cm³/mol. The van der Waals surface area contributed by atoms with Gasteiger partial charge in [0, 0.05) is 32.7 Å². The molecule has 0 radical (unpaired) electrons. The molecule has 0 aromatic heterocycles. The number of nitrogens with zero attached hydrogens (tertiary/aromatic N) is 2. The summed E-state index contributed by atoms with van der Waals surface area (Å²) in [7, 11) is -1.54. The monoisotopic (exact) mass is 303 g/mol. The van der Waals surface area contributed by atoms with E-state index in [4.69, 9.17) is 0 Å². The number of rotatable bonds is 7. The molecule has 5 nitrogen and oxygen atoms in total. The first-order chi connectivity index (χ1) is 9.55. The molecule has 2 aliphatic rings. The van der Waals surface area contributed by atoms with Gasteiger partial charge in [0.1, 0.15) is 0 Å². The Labute approximate surface area is 123 Å². The third-order valence-corrected chi connectivity index (χ3v) is 6.64. The van der Waals surface area contributed by atoms with Crippen molar-refractivity contribution in [3.63, 3.8) is 0 Å². The molecule has 1 aliphatic heterocycles. The Morgan fingerprint density at radius 2 is 1.95 bits per heavy atom. The average molecular weight is 303 g/mol. The summed E-state index contributed by atoms with van der Waals surface area (Å²) in [5.41, 5.74) is 0. The van der Waals surface area contributed by atoms with Gasteiger partial charge in [0.25, 0.3) is 10.2 Å². The lowest BCUT2D eigenvalue weighted by atomic mass is 9.86. The van der Waals surface area contributed by atoms with Crippen molar-refractivity contribution in [2.24, 2.45) is 5.92 Å². The average Bonchev–Trinajstić information content (AvgIpc) is 2.40. The number of nitrogens with one attached hydrogen (secondary N) is 1. The molecular weight excluding hydrogens is 274 g/mol. The summed E-state index contributed by atoms with van der Waals surface area (Å²) in [5, 5.41) is 3.30. The van der Waals surface area contributed by atoms with Crippen LogP contribution >= 0.6 is 0 Å². The van der Waals surface area contributed by atoms with Crippen LogP contribution in [0.1, 0.15) is 45.4 Å². The molecule has 0 aromatic rings. The maximum Gasteiger partial charge on any atom is 0.282 e. The summed E-state index contributed by atoms with van der Waals surface area (Å²) in [4.78, 5) is 0. The van der Waals surface area contributed by atoms with Crippen molar-refractivity contribution in [3.8, 4) is 0 Å². The third-order valence-electron chi connectivity index (χ3n) is 4.63. The van der Waals surface area contributed by atoms with Crippen LogP contribution in [0.25, 0.3) is 0 Å². The summed E-state index contributed by atoms with van der Waals surface area (Å²) >= 11 is 0. The van der Waals surface area contributed by atoms with E-state index < -0.39 is 10.2 Å². The molecule has 1 atom stereocenters. The Kier molecular flexibility index (Phi) is 5.84. The highest BCUT2D eigenvalue weighted by Gasteiger charge is 2.36. The number of piperidine rings is 1. The summed E-state index contributed by atoms with van der Waals surface area (Å²) in [6, 6.07) is 0.123. The van der Waals surface area contributed by atoms with E-state index in [2.05, 4.69) is 12.2 Å². The van der Waals surface area contributed by atoms with Crippen molar-refractivity contribution in [3.05, 3.63) is 0 Å². The quantitative estimate of drug-likeness (QED) is 0.774. The van der Waals surface area contributed by atoms with E-state index in [1.165, 1.54) is 19.3 Å². The fraction of sp³-hybridized carbons (Fsp3) is 1.00. The zero-order valence-electron chi connectivity index (χ0n) is 12.8. The molecule has 2 rings (SSSR count). The van der Waals surface area contributed by atoms with Crippen LogP contribution in [0.15, 0.2) is 0 Å². The first-order valence-corrected chi connectivity index (χ1v) is 9.39. The molecule has 1 N–H and O–H groups in total. The molecule has 1 saturated heterocycles. The van der Waals surface area contributed by atoms with Crippen LogP contribution in [0.4, 0.5) is 0 Å². The highest BCUT2D eigenvalue weighted by molar-refractivity contribution is 7.86. The molecule has 0 amide bonds. The fourth-order valence-corrected chi connectivity index (χ4v) is 4.78. The van der Waals surface area contributed by atoms with E-state index in [-0.39, 0.29) is 6.04 Å². The van der Waals surface area contributed by atoms with Crippen molar-refractivity contribution in [2.45, 2.75) is 51.5 Å². The maximum absolute atomic E-state index is 12.8. The largest absolute Gasteiger partial charge is 0.315 e. The lowest BCUT2D eigenvalue weighted by Crippen LogP contribution is -2.53. The van der Waals surface area contributed by atoms with Crippen LogP contribution in [0, 0.1) is 5.92 Å². The molecule has 0 spiro atoms. The van der Waals surface area contributed by atoms with Crippen LogP contribution in [-0.4, -0.2) is 56.3 Å². The van der Waals surface area contributed by atoms with Gasteiger partial charge in [-0.1, -0.05) is 19.8 Å². The van der Waals surface area contributed by atoms with E-state index in [9.17, 15) is 8.42 Å². The van der Waals surface area contributed by atoms with Crippen molar-refractivity contribution in [1.29, 1.82) is 0 Å². The lowest BCUT2D eigenvalue weighted by Gasteiger charge is -2.38. The second-order valence-electron chi connectivity index (χ2n) is 6.15. The molecule has 6 heteroatoms. The van der Waals surface area contributed by atoms with Crippen molar-refractivity contribution in [2.75, 3.05) is 33.2 Å². The Bertz CT molecular complexity index is 395. The highest BCUT2D eigenvalue weighted by atomic mass is 32.2. The first-order valence-electron chi connectivity index (χ1n) is 7.99. The SMILES string of the molecule is CCNCC1CCCCN1S(=O)(=O)N(C)CC1CCC1. The Morgan fingerprint density at radius 3 is 2.55 bits per heavy atom. The molecule has 1 heterocycles. The molecular formula is C14H29N3O2S. The van der Waals surface area contributed by atoms with Crippen LogP contribution in [0.5, 0.6) is 0 Å². The van der Waals surface area contributed by atoms with Crippen LogP contribution in [0.3, 0.4) is 0 Å². The molecule has 1 saturated carbocycles. The highest BCUT2D eigenvalue weighted by Crippen LogP contribution is 2.29. The van der Waals surface area contributed by atoms with E-state index >= 15 is 0 Å². The zero-order valence-corrected chi connectivity index (χ0v) is 13.7. The Morgan fingerprint density at radius 1 is 1.20 bits per heavy atom. The molecule has 0 bridgehead atoms. The Hall–Kier alpha value is -0.170. The Balaban J connectivity index is 2.00. The molecule has 118 valence electrons.